The summed E-state index contributed by atoms with van der Waals surface area (Å²) in [5.41, 5.74) is 3.14. The third kappa shape index (κ3) is 4.51. The maximum atomic E-state index is 6.36. The molecule has 3 rings (SSSR count). The molecule has 1 aromatic heterocycles. The number of benzene rings is 1. The molecule has 0 unspecified atom stereocenters. The molecule has 1 N–H and O–H groups in total. The number of aliphatic imine (C=N–C) groups is 1. The van der Waals surface area contributed by atoms with Crippen molar-refractivity contribution in [1.82, 2.24) is 9.97 Å². The van der Waals surface area contributed by atoms with Crippen LogP contribution in [0.1, 0.15) is 58.4 Å². The van der Waals surface area contributed by atoms with Gasteiger partial charge in [-0.25, -0.2) is 15.0 Å². The van der Waals surface area contributed by atoms with Gasteiger partial charge in [0.25, 0.3) is 6.02 Å². The maximum absolute atomic E-state index is 6.36. The summed E-state index contributed by atoms with van der Waals surface area (Å²) in [6, 6.07) is 8.88. The number of ether oxygens (including phenoxy) is 1. The molecule has 150 valence electrons. The van der Waals surface area contributed by atoms with Crippen molar-refractivity contribution in [2.45, 2.75) is 65.4 Å². The first-order valence-electron chi connectivity index (χ1n) is 10.5. The van der Waals surface area contributed by atoms with Gasteiger partial charge in [-0.3, -0.25) is 5.32 Å². The number of hydrogen-bond donors (Lipinski definition) is 1. The summed E-state index contributed by atoms with van der Waals surface area (Å²) >= 11 is 0. The third-order valence-corrected chi connectivity index (χ3v) is 5.63. The van der Waals surface area contributed by atoms with Crippen molar-refractivity contribution in [1.29, 1.82) is 0 Å². The topological polar surface area (TPSA) is 59.4 Å². The van der Waals surface area contributed by atoms with Crippen LogP contribution in [-0.2, 0) is 4.74 Å². The van der Waals surface area contributed by atoms with Gasteiger partial charge in [-0.2, -0.15) is 0 Å². The molecule has 1 aliphatic rings. The van der Waals surface area contributed by atoms with E-state index >= 15 is 0 Å². The fourth-order valence-corrected chi connectivity index (χ4v) is 4.04. The minimum Gasteiger partial charge on any atom is -0.456 e. The number of nitrogens with one attached hydrogen (secondary N) is 1. The van der Waals surface area contributed by atoms with Crippen LogP contribution >= 0.6 is 0 Å². The Balaban J connectivity index is 1.67. The van der Waals surface area contributed by atoms with Crippen LogP contribution in [0.3, 0.4) is 0 Å². The molecule has 0 fully saturated rings. The second-order valence-corrected chi connectivity index (χ2v) is 7.71. The van der Waals surface area contributed by atoms with Crippen LogP contribution in [-0.4, -0.2) is 28.1 Å². The summed E-state index contributed by atoms with van der Waals surface area (Å²) in [5, 5.41) is 3.16. The summed E-state index contributed by atoms with van der Waals surface area (Å²) in [4.78, 5) is 13.5. The van der Waals surface area contributed by atoms with Crippen LogP contribution in [0.2, 0.25) is 0 Å². The predicted octanol–water partition coefficient (Wildman–Crippen LogP) is 5.62. The molecule has 5 heteroatoms. The first-order chi connectivity index (χ1) is 13.6. The highest BCUT2D eigenvalue weighted by Crippen LogP contribution is 2.37. The van der Waals surface area contributed by atoms with Crippen LogP contribution in [0, 0.1) is 12.8 Å². The van der Waals surface area contributed by atoms with Crippen molar-refractivity contribution in [3.8, 4) is 11.1 Å². The van der Waals surface area contributed by atoms with E-state index in [4.69, 9.17) is 4.74 Å². The molecule has 0 amide bonds. The Labute approximate surface area is 168 Å². The fourth-order valence-electron chi connectivity index (χ4n) is 4.04. The highest BCUT2D eigenvalue weighted by atomic mass is 16.5. The van der Waals surface area contributed by atoms with Crippen molar-refractivity contribution in [3.05, 3.63) is 42.2 Å². The summed E-state index contributed by atoms with van der Waals surface area (Å²) < 4.78 is 6.36. The van der Waals surface area contributed by atoms with Crippen molar-refractivity contribution in [3.63, 3.8) is 0 Å². The van der Waals surface area contributed by atoms with E-state index in [1.54, 1.807) is 0 Å². The number of aryl methyl sites for hydroxylation is 1. The molecular weight excluding hydrogens is 348 g/mol. The average Bonchev–Trinajstić information content (AvgIpc) is 3.12. The summed E-state index contributed by atoms with van der Waals surface area (Å²) in [7, 11) is 0. The minimum absolute atomic E-state index is 0.199. The Kier molecular flexibility index (Phi) is 6.65. The molecule has 28 heavy (non-hydrogen) atoms. The first-order valence-corrected chi connectivity index (χ1v) is 10.5. The first kappa shape index (κ1) is 20.3. The van der Waals surface area contributed by atoms with Gasteiger partial charge in [-0.15, -0.1) is 0 Å². The van der Waals surface area contributed by atoms with Crippen molar-refractivity contribution < 1.29 is 4.74 Å². The summed E-state index contributed by atoms with van der Waals surface area (Å²) in [6.07, 6.45) is 9.31. The van der Waals surface area contributed by atoms with E-state index in [9.17, 15) is 0 Å². The molecule has 2 aromatic rings. The lowest BCUT2D eigenvalue weighted by Crippen LogP contribution is -2.42. The molecule has 1 atom stereocenters. The quantitative estimate of drug-likeness (QED) is 0.646. The summed E-state index contributed by atoms with van der Waals surface area (Å²) in [5.74, 6) is 1.05. The van der Waals surface area contributed by atoms with E-state index < -0.39 is 0 Å². The Morgan fingerprint density at radius 3 is 2.39 bits per heavy atom. The lowest BCUT2D eigenvalue weighted by Gasteiger charge is -2.35. The molecule has 0 radical (unpaired) electrons. The number of nitrogens with zero attached hydrogens (tertiary/aromatic N) is 3. The molecule has 1 aliphatic heterocycles. The SMILES string of the molecule is CCCC(CCC)[C@@]1(CC)CN=C(Nc2ncc(-c3cccc(C)c3)cn2)O1. The molecular formula is C23H32N4O. The number of rotatable bonds is 8. The summed E-state index contributed by atoms with van der Waals surface area (Å²) in [6.45, 7) is 9.47. The molecule has 1 aromatic carbocycles. The molecule has 0 spiro atoms. The van der Waals surface area contributed by atoms with E-state index in [0.29, 0.717) is 24.4 Å². The Morgan fingerprint density at radius 1 is 1.07 bits per heavy atom. The largest absolute Gasteiger partial charge is 0.456 e. The van der Waals surface area contributed by atoms with Crippen LogP contribution in [0.4, 0.5) is 5.95 Å². The van der Waals surface area contributed by atoms with E-state index in [2.05, 4.69) is 66.2 Å². The molecule has 0 saturated heterocycles. The Hall–Kier alpha value is -2.43. The number of amidine groups is 1. The molecule has 0 aliphatic carbocycles. The van der Waals surface area contributed by atoms with Crippen LogP contribution in [0.15, 0.2) is 41.7 Å². The van der Waals surface area contributed by atoms with E-state index in [-0.39, 0.29) is 5.60 Å². The molecule has 5 nitrogen and oxygen atoms in total. The van der Waals surface area contributed by atoms with Crippen LogP contribution in [0.25, 0.3) is 11.1 Å². The lowest BCUT2D eigenvalue weighted by atomic mass is 9.79. The van der Waals surface area contributed by atoms with Crippen LogP contribution < -0.4 is 5.32 Å². The van der Waals surface area contributed by atoms with Gasteiger partial charge in [0.05, 0.1) is 6.54 Å². The third-order valence-electron chi connectivity index (χ3n) is 5.63. The molecule has 0 bridgehead atoms. The van der Waals surface area contributed by atoms with E-state index in [1.807, 2.05) is 18.5 Å². The molecule has 2 heterocycles. The highest BCUT2D eigenvalue weighted by molar-refractivity contribution is 5.88. The van der Waals surface area contributed by atoms with Gasteiger partial charge in [0, 0.05) is 23.9 Å². The smallest absolute Gasteiger partial charge is 0.292 e. The zero-order chi connectivity index (χ0) is 20.0. The van der Waals surface area contributed by atoms with Gasteiger partial charge in [0.1, 0.15) is 5.60 Å². The monoisotopic (exact) mass is 380 g/mol. The van der Waals surface area contributed by atoms with Gasteiger partial charge < -0.3 is 4.74 Å². The zero-order valence-electron chi connectivity index (χ0n) is 17.5. The van der Waals surface area contributed by atoms with E-state index in [0.717, 1.165) is 17.5 Å². The highest BCUT2D eigenvalue weighted by Gasteiger charge is 2.43. The van der Waals surface area contributed by atoms with Gasteiger partial charge in [-0.1, -0.05) is 63.4 Å². The standard InChI is InChI=1S/C23H32N4O/c1-5-9-20(10-6-2)23(7-3)16-26-22(28-23)27-21-24-14-19(15-25-21)18-12-8-11-17(4)13-18/h8,11-15,20H,5-7,9-10,16H2,1-4H3,(H,24,25,26,27)/t23-/m1/s1. The zero-order valence-corrected chi connectivity index (χ0v) is 17.5. The second-order valence-electron chi connectivity index (χ2n) is 7.71. The predicted molar refractivity (Wildman–Crippen MR) is 116 cm³/mol. The number of hydrogen-bond acceptors (Lipinski definition) is 5. The number of anilines is 1. The Bertz CT molecular complexity index is 797. The minimum atomic E-state index is -0.199. The van der Waals surface area contributed by atoms with Gasteiger partial charge >= 0.3 is 0 Å². The maximum Gasteiger partial charge on any atom is 0.292 e. The lowest BCUT2D eigenvalue weighted by molar-refractivity contribution is 0.0103. The normalized spacial score (nSPS) is 18.8. The van der Waals surface area contributed by atoms with Crippen molar-refractivity contribution in [2.75, 3.05) is 11.9 Å². The number of aromatic nitrogens is 2. The molecule has 0 saturated carbocycles. The second kappa shape index (κ2) is 9.18. The van der Waals surface area contributed by atoms with Gasteiger partial charge in [0.2, 0.25) is 5.95 Å². The van der Waals surface area contributed by atoms with E-state index in [1.165, 1.54) is 31.2 Å². The van der Waals surface area contributed by atoms with Gasteiger partial charge in [-0.05, 0) is 31.7 Å². The van der Waals surface area contributed by atoms with Crippen molar-refractivity contribution in [2.24, 2.45) is 10.9 Å². The van der Waals surface area contributed by atoms with Crippen molar-refractivity contribution >= 4 is 12.0 Å². The van der Waals surface area contributed by atoms with Gasteiger partial charge in [0.15, 0.2) is 0 Å². The fraction of sp³-hybridized carbons (Fsp3) is 0.522. The van der Waals surface area contributed by atoms with Crippen LogP contribution in [0.5, 0.6) is 0 Å². The Morgan fingerprint density at radius 2 is 1.79 bits per heavy atom. The average molecular weight is 381 g/mol.